The molecule has 0 fully saturated rings. The van der Waals surface area contributed by atoms with Crippen molar-refractivity contribution in [2.24, 2.45) is 45.2 Å². The third kappa shape index (κ3) is 7.37. The van der Waals surface area contributed by atoms with Crippen LogP contribution >= 0.6 is 0 Å². The zero-order valence-corrected chi connectivity index (χ0v) is 20.1. The molecule has 0 spiro atoms. The summed E-state index contributed by atoms with van der Waals surface area (Å²) in [5, 5.41) is 3.52. The van der Waals surface area contributed by atoms with Gasteiger partial charge in [0, 0.05) is 22.5 Å². The lowest BCUT2D eigenvalue weighted by Crippen LogP contribution is -2.61. The Morgan fingerprint density at radius 1 is 0.586 bits per heavy atom. The lowest BCUT2D eigenvalue weighted by Gasteiger charge is -2.36. The van der Waals surface area contributed by atoms with Gasteiger partial charge in [-0.25, -0.2) is 0 Å². The average Bonchev–Trinajstić information content (AvgIpc) is 2.47. The van der Waals surface area contributed by atoms with E-state index in [1.165, 1.54) is 0 Å². The summed E-state index contributed by atoms with van der Waals surface area (Å²) in [6, 6.07) is 0. The summed E-state index contributed by atoms with van der Waals surface area (Å²) in [6.45, 7) is 20.4. The van der Waals surface area contributed by atoms with Crippen molar-refractivity contribution in [1.82, 2.24) is 5.32 Å². The molecule has 0 unspecified atom stereocenters. The van der Waals surface area contributed by atoms with Crippen LogP contribution in [0.2, 0.25) is 0 Å². The minimum Gasteiger partial charge on any atom is -0.355 e. The van der Waals surface area contributed by atoms with E-state index < -0.39 is 11.6 Å². The second-order valence-electron chi connectivity index (χ2n) is 9.90. The molecule has 13 N–H and O–H groups in total. The van der Waals surface area contributed by atoms with Crippen LogP contribution in [0.3, 0.4) is 0 Å². The number of nitrogens with two attached hydrogens (primary N) is 6. The van der Waals surface area contributed by atoms with Gasteiger partial charge in [0.05, 0.1) is 0 Å². The van der Waals surface area contributed by atoms with Gasteiger partial charge in [-0.1, -0.05) is 53.7 Å². The topological polar surface area (TPSA) is 168 Å². The monoisotopic (exact) mass is 407 g/mol. The molecule has 0 aliphatic carbocycles. The Labute approximate surface area is 177 Å². The first-order valence-corrected chi connectivity index (χ1v) is 9.96. The largest absolute Gasteiger partial charge is 0.355 e. The maximum absolute atomic E-state index is 6.11. The smallest absolute Gasteiger partial charge is 0.144 e. The SMILES string of the molecule is CC=C(C(NC(C(=CC)C(N)(N)N)=C(C)C(C)(C)C)=C(C)C(C)(C)C)C(N)(N)N. The van der Waals surface area contributed by atoms with E-state index in [4.69, 9.17) is 34.4 Å². The summed E-state index contributed by atoms with van der Waals surface area (Å²) in [4.78, 5) is 0. The number of allylic oxidation sites excluding steroid dienone is 4. The van der Waals surface area contributed by atoms with Crippen LogP contribution in [-0.4, -0.2) is 11.6 Å². The summed E-state index contributed by atoms with van der Waals surface area (Å²) in [7, 11) is 0. The molecule has 0 rings (SSSR count). The highest BCUT2D eigenvalue weighted by Crippen LogP contribution is 2.35. The third-order valence-corrected chi connectivity index (χ3v) is 5.30. The fourth-order valence-corrected chi connectivity index (χ4v) is 2.82. The molecule has 0 aliphatic rings. The van der Waals surface area contributed by atoms with Gasteiger partial charge in [0.25, 0.3) is 0 Å². The van der Waals surface area contributed by atoms with E-state index in [0.29, 0.717) is 11.1 Å². The quantitative estimate of drug-likeness (QED) is 0.261. The van der Waals surface area contributed by atoms with Crippen molar-refractivity contribution in [3.05, 3.63) is 45.8 Å². The van der Waals surface area contributed by atoms with E-state index >= 15 is 0 Å². The van der Waals surface area contributed by atoms with Gasteiger partial charge in [0.15, 0.2) is 0 Å². The van der Waals surface area contributed by atoms with Crippen LogP contribution in [0.15, 0.2) is 45.8 Å². The Balaban J connectivity index is 7.16. The molecule has 0 aromatic rings. The molecule has 0 saturated heterocycles. The first-order chi connectivity index (χ1) is 12.7. The molecule has 0 atom stereocenters. The first-order valence-electron chi connectivity index (χ1n) is 9.96. The van der Waals surface area contributed by atoms with Gasteiger partial charge in [-0.2, -0.15) is 0 Å². The highest BCUT2D eigenvalue weighted by molar-refractivity contribution is 5.49. The first kappa shape index (κ1) is 27.5. The molecule has 29 heavy (non-hydrogen) atoms. The van der Waals surface area contributed by atoms with Crippen molar-refractivity contribution >= 4 is 0 Å². The fraction of sp³-hybridized carbons (Fsp3) is 0.636. The maximum atomic E-state index is 6.11. The molecule has 0 bridgehead atoms. The Kier molecular flexibility index (Phi) is 8.65. The Hall–Kier alpha value is -1.48. The highest BCUT2D eigenvalue weighted by atomic mass is 15.2. The Bertz CT molecular complexity index is 648. The second-order valence-corrected chi connectivity index (χ2v) is 9.90. The van der Waals surface area contributed by atoms with Crippen molar-refractivity contribution in [2.75, 3.05) is 0 Å². The number of hydrogen-bond acceptors (Lipinski definition) is 7. The third-order valence-electron chi connectivity index (χ3n) is 5.30. The van der Waals surface area contributed by atoms with Gasteiger partial charge < -0.3 is 5.32 Å². The lowest BCUT2D eigenvalue weighted by molar-refractivity contribution is 0.472. The van der Waals surface area contributed by atoms with Crippen molar-refractivity contribution in [3.8, 4) is 0 Å². The van der Waals surface area contributed by atoms with Crippen LogP contribution in [0.25, 0.3) is 0 Å². The minimum atomic E-state index is -1.54. The number of rotatable bonds is 6. The van der Waals surface area contributed by atoms with Gasteiger partial charge in [-0.15, -0.1) is 0 Å². The van der Waals surface area contributed by atoms with Crippen LogP contribution in [-0.2, 0) is 0 Å². The van der Waals surface area contributed by atoms with E-state index in [1.807, 2.05) is 39.8 Å². The van der Waals surface area contributed by atoms with Crippen molar-refractivity contribution in [1.29, 1.82) is 0 Å². The summed E-state index contributed by atoms with van der Waals surface area (Å²) < 4.78 is 0. The van der Waals surface area contributed by atoms with Crippen molar-refractivity contribution < 1.29 is 0 Å². The van der Waals surface area contributed by atoms with Crippen molar-refractivity contribution in [2.45, 2.75) is 80.8 Å². The van der Waals surface area contributed by atoms with Gasteiger partial charge in [-0.05, 0) is 49.7 Å². The Morgan fingerprint density at radius 2 is 0.828 bits per heavy atom. The average molecular weight is 408 g/mol. The van der Waals surface area contributed by atoms with E-state index in [1.54, 1.807) is 0 Å². The Morgan fingerprint density at radius 3 is 0.966 bits per heavy atom. The summed E-state index contributed by atoms with van der Waals surface area (Å²) in [5.74, 6) is -3.07. The van der Waals surface area contributed by atoms with Crippen LogP contribution in [0, 0.1) is 10.8 Å². The maximum Gasteiger partial charge on any atom is 0.144 e. The van der Waals surface area contributed by atoms with Crippen LogP contribution in [0.1, 0.15) is 69.2 Å². The molecule has 7 nitrogen and oxygen atoms in total. The summed E-state index contributed by atoms with van der Waals surface area (Å²) >= 11 is 0. The predicted octanol–water partition coefficient (Wildman–Crippen LogP) is 2.17. The van der Waals surface area contributed by atoms with E-state index in [-0.39, 0.29) is 10.8 Å². The molecular formula is C22H45N7. The molecule has 0 amide bonds. The molecule has 0 radical (unpaired) electrons. The van der Waals surface area contributed by atoms with Crippen LogP contribution < -0.4 is 39.7 Å². The van der Waals surface area contributed by atoms with E-state index in [0.717, 1.165) is 22.5 Å². The zero-order valence-electron chi connectivity index (χ0n) is 20.1. The van der Waals surface area contributed by atoms with Gasteiger partial charge in [0.1, 0.15) is 11.6 Å². The molecular weight excluding hydrogens is 362 g/mol. The van der Waals surface area contributed by atoms with Gasteiger partial charge in [-0.3, -0.25) is 34.4 Å². The molecule has 0 aliphatic heterocycles. The lowest BCUT2D eigenvalue weighted by atomic mass is 9.81. The molecule has 0 heterocycles. The van der Waals surface area contributed by atoms with Gasteiger partial charge in [0.2, 0.25) is 0 Å². The van der Waals surface area contributed by atoms with Gasteiger partial charge >= 0.3 is 0 Å². The van der Waals surface area contributed by atoms with Crippen LogP contribution in [0.4, 0.5) is 0 Å². The predicted molar refractivity (Wildman–Crippen MR) is 126 cm³/mol. The molecule has 0 aromatic heterocycles. The number of nitrogens with one attached hydrogen (secondary N) is 1. The molecule has 0 aromatic carbocycles. The standard InChI is InChI=1S/C22H45N7/c1-11-15(21(23,24)25)17(13(3)19(5,6)7)29-18(14(4)20(8,9)10)16(12-2)22(26,27)28/h11-12,29H,23-28H2,1-10H3. The second kappa shape index (κ2) is 9.12. The summed E-state index contributed by atoms with van der Waals surface area (Å²) in [5.41, 5.74) is 41.0. The van der Waals surface area contributed by atoms with E-state index in [9.17, 15) is 0 Å². The van der Waals surface area contributed by atoms with E-state index in [2.05, 4.69) is 46.9 Å². The molecule has 168 valence electrons. The fourth-order valence-electron chi connectivity index (χ4n) is 2.82. The zero-order chi connectivity index (χ0) is 23.6. The molecule has 0 saturated carbocycles. The minimum absolute atomic E-state index is 0.177. The van der Waals surface area contributed by atoms with Crippen LogP contribution in [0.5, 0.6) is 0 Å². The number of hydrogen-bond donors (Lipinski definition) is 7. The van der Waals surface area contributed by atoms with Crippen molar-refractivity contribution in [3.63, 3.8) is 0 Å². The normalized spacial score (nSPS) is 17.1. The molecule has 7 heteroatoms. The summed E-state index contributed by atoms with van der Waals surface area (Å²) in [6.07, 6.45) is 3.63. The highest BCUT2D eigenvalue weighted by Gasteiger charge is 2.32.